The molecule has 0 heterocycles. The zero-order valence-electron chi connectivity index (χ0n) is 15.3. The number of nitrogen functional groups attached to an aromatic ring is 2. The summed E-state index contributed by atoms with van der Waals surface area (Å²) in [6.07, 6.45) is -5.08. The van der Waals surface area contributed by atoms with Crippen molar-refractivity contribution in [2.75, 3.05) is 11.5 Å². The van der Waals surface area contributed by atoms with E-state index in [1.165, 1.54) is 0 Å². The molecule has 4 nitrogen and oxygen atoms in total. The van der Waals surface area contributed by atoms with E-state index in [1.54, 1.807) is 0 Å². The van der Waals surface area contributed by atoms with Crippen molar-refractivity contribution >= 4 is 11.4 Å². The molecule has 0 amide bonds. The lowest BCUT2D eigenvalue weighted by Crippen LogP contribution is -2.08. The van der Waals surface area contributed by atoms with E-state index < -0.39 is 81.0 Å². The molecular weight excluding hydrogens is 459 g/mol. The van der Waals surface area contributed by atoms with Crippen LogP contribution in [0.4, 0.5) is 50.9 Å². The Kier molecular flexibility index (Phi) is 5.76. The molecule has 0 atom stereocenters. The van der Waals surface area contributed by atoms with Crippen LogP contribution in [-0.2, 0) is 6.18 Å². The monoisotopic (exact) mass is 468 g/mol. The Labute approximate surface area is 172 Å². The molecule has 0 unspecified atom stereocenters. The summed E-state index contributed by atoms with van der Waals surface area (Å²) < 4.78 is 131. The summed E-state index contributed by atoms with van der Waals surface area (Å²) in [5.41, 5.74) is 6.95. The van der Waals surface area contributed by atoms with E-state index in [9.17, 15) is 39.5 Å². The fourth-order valence-electron chi connectivity index (χ4n) is 2.48. The summed E-state index contributed by atoms with van der Waals surface area (Å²) in [6, 6.07) is 2.42. The van der Waals surface area contributed by atoms with E-state index in [1.807, 2.05) is 0 Å². The minimum Gasteiger partial charge on any atom is -0.454 e. The van der Waals surface area contributed by atoms with Crippen LogP contribution in [0, 0.1) is 34.9 Å². The standard InChI is InChI=1S/C19H9F9N2O2/c20-13-8(29)4-11(15(22)17(13)24)31-6-1-2-7(19(26,27)28)10(3-6)32-12-5-9(30)14(21)18(25)16(12)23/h1-5H,29-30H2. The summed E-state index contributed by atoms with van der Waals surface area (Å²) in [5, 5.41) is 0. The van der Waals surface area contributed by atoms with E-state index in [4.69, 9.17) is 20.9 Å². The number of ether oxygens (including phenoxy) is 2. The first-order chi connectivity index (χ1) is 14.8. The quantitative estimate of drug-likeness (QED) is 0.268. The van der Waals surface area contributed by atoms with Crippen LogP contribution in [0.3, 0.4) is 0 Å². The highest BCUT2D eigenvalue weighted by Gasteiger charge is 2.35. The minimum absolute atomic E-state index is 0.368. The molecule has 3 aromatic carbocycles. The molecule has 3 aromatic rings. The van der Waals surface area contributed by atoms with Gasteiger partial charge < -0.3 is 20.9 Å². The highest BCUT2D eigenvalue weighted by atomic mass is 19.4. The number of hydrogen-bond acceptors (Lipinski definition) is 4. The Morgan fingerprint density at radius 3 is 1.50 bits per heavy atom. The van der Waals surface area contributed by atoms with Crippen LogP contribution in [0.5, 0.6) is 23.0 Å². The zero-order valence-corrected chi connectivity index (χ0v) is 15.3. The smallest absolute Gasteiger partial charge is 0.419 e. The Morgan fingerprint density at radius 1 is 0.562 bits per heavy atom. The Hall–Kier alpha value is -3.77. The molecule has 0 radical (unpaired) electrons. The van der Waals surface area contributed by atoms with Gasteiger partial charge in [-0.25, -0.2) is 17.6 Å². The third kappa shape index (κ3) is 4.18. The van der Waals surface area contributed by atoms with Gasteiger partial charge >= 0.3 is 6.18 Å². The largest absolute Gasteiger partial charge is 0.454 e. The minimum atomic E-state index is -5.08. The molecule has 13 heteroatoms. The molecule has 4 N–H and O–H groups in total. The van der Waals surface area contributed by atoms with E-state index in [2.05, 4.69) is 0 Å². The zero-order chi connectivity index (χ0) is 24.0. The number of benzene rings is 3. The second-order valence-corrected chi connectivity index (χ2v) is 6.17. The fraction of sp³-hybridized carbons (Fsp3) is 0.0526. The highest BCUT2D eigenvalue weighted by Crippen LogP contribution is 2.42. The molecule has 0 aromatic heterocycles. The summed E-state index contributed by atoms with van der Waals surface area (Å²) >= 11 is 0. The summed E-state index contributed by atoms with van der Waals surface area (Å²) in [4.78, 5) is 0. The summed E-state index contributed by atoms with van der Waals surface area (Å²) in [7, 11) is 0. The van der Waals surface area contributed by atoms with Crippen LogP contribution in [0.1, 0.15) is 5.56 Å². The second-order valence-electron chi connectivity index (χ2n) is 6.17. The van der Waals surface area contributed by atoms with E-state index in [0.29, 0.717) is 30.3 Å². The van der Waals surface area contributed by atoms with Gasteiger partial charge in [-0.1, -0.05) is 0 Å². The van der Waals surface area contributed by atoms with Crippen molar-refractivity contribution < 1.29 is 49.0 Å². The number of rotatable bonds is 4. The molecule has 0 saturated carbocycles. The fourth-order valence-corrected chi connectivity index (χ4v) is 2.48. The highest BCUT2D eigenvalue weighted by molar-refractivity contribution is 5.52. The Morgan fingerprint density at radius 2 is 1.03 bits per heavy atom. The first-order valence-corrected chi connectivity index (χ1v) is 8.24. The van der Waals surface area contributed by atoms with Crippen molar-refractivity contribution in [3.8, 4) is 23.0 Å². The van der Waals surface area contributed by atoms with E-state index in [0.717, 1.165) is 0 Å². The lowest BCUT2D eigenvalue weighted by atomic mass is 10.1. The molecule has 0 bridgehead atoms. The molecular formula is C19H9F9N2O2. The van der Waals surface area contributed by atoms with Crippen LogP contribution in [-0.4, -0.2) is 0 Å². The van der Waals surface area contributed by atoms with E-state index >= 15 is 0 Å². The first-order valence-electron chi connectivity index (χ1n) is 8.24. The molecule has 170 valence electrons. The van der Waals surface area contributed by atoms with Gasteiger partial charge in [0, 0.05) is 18.2 Å². The van der Waals surface area contributed by atoms with Crippen LogP contribution < -0.4 is 20.9 Å². The maximum Gasteiger partial charge on any atom is 0.419 e. The number of alkyl halides is 3. The molecule has 0 aliphatic carbocycles. The van der Waals surface area contributed by atoms with Crippen LogP contribution in [0.15, 0.2) is 30.3 Å². The molecule has 0 saturated heterocycles. The lowest BCUT2D eigenvalue weighted by molar-refractivity contribution is -0.138. The number of nitrogens with two attached hydrogens (primary N) is 2. The van der Waals surface area contributed by atoms with Gasteiger partial charge in [0.1, 0.15) is 11.5 Å². The number of anilines is 2. The van der Waals surface area contributed by atoms with Gasteiger partial charge in [0.25, 0.3) is 0 Å². The van der Waals surface area contributed by atoms with Gasteiger partial charge in [-0.15, -0.1) is 0 Å². The predicted octanol–water partition coefficient (Wildman–Crippen LogP) is 6.29. The van der Waals surface area contributed by atoms with Crippen molar-refractivity contribution in [3.63, 3.8) is 0 Å². The predicted molar refractivity (Wildman–Crippen MR) is 93.0 cm³/mol. The Bertz CT molecular complexity index is 1210. The average Bonchev–Trinajstić information content (AvgIpc) is 2.72. The summed E-state index contributed by atoms with van der Waals surface area (Å²) in [6.45, 7) is 0. The van der Waals surface area contributed by atoms with Gasteiger partial charge in [-0.05, 0) is 12.1 Å². The maximum absolute atomic E-state index is 13.9. The van der Waals surface area contributed by atoms with Crippen molar-refractivity contribution in [1.82, 2.24) is 0 Å². The molecule has 0 spiro atoms. The van der Waals surface area contributed by atoms with Crippen LogP contribution >= 0.6 is 0 Å². The topological polar surface area (TPSA) is 70.5 Å². The average molecular weight is 468 g/mol. The normalized spacial score (nSPS) is 11.5. The third-order valence-electron chi connectivity index (χ3n) is 3.99. The molecule has 32 heavy (non-hydrogen) atoms. The van der Waals surface area contributed by atoms with E-state index in [-0.39, 0.29) is 0 Å². The van der Waals surface area contributed by atoms with Gasteiger partial charge in [0.2, 0.25) is 11.6 Å². The van der Waals surface area contributed by atoms with Gasteiger partial charge in [0.05, 0.1) is 16.9 Å². The SMILES string of the molecule is Nc1cc(Oc2ccc(C(F)(F)F)c(Oc3cc(N)c(F)c(F)c3F)c2)c(F)c(F)c1F. The van der Waals surface area contributed by atoms with Crippen molar-refractivity contribution in [2.45, 2.75) is 6.18 Å². The van der Waals surface area contributed by atoms with Crippen LogP contribution in [0.25, 0.3) is 0 Å². The second kappa shape index (κ2) is 8.05. The lowest BCUT2D eigenvalue weighted by Gasteiger charge is -2.17. The number of halogens is 9. The van der Waals surface area contributed by atoms with Gasteiger partial charge in [-0.2, -0.15) is 22.0 Å². The molecule has 3 rings (SSSR count). The van der Waals surface area contributed by atoms with Crippen LogP contribution in [0.2, 0.25) is 0 Å². The first kappa shape index (κ1) is 22.9. The summed E-state index contributed by atoms with van der Waals surface area (Å²) in [5.74, 6) is -15.4. The van der Waals surface area contributed by atoms with Crippen molar-refractivity contribution in [2.24, 2.45) is 0 Å². The molecule has 0 aliphatic rings. The third-order valence-corrected chi connectivity index (χ3v) is 3.99. The number of hydrogen-bond donors (Lipinski definition) is 2. The Balaban J connectivity index is 2.08. The van der Waals surface area contributed by atoms with Gasteiger partial charge in [-0.3, -0.25) is 0 Å². The molecule has 0 fully saturated rings. The maximum atomic E-state index is 13.9. The van der Waals surface area contributed by atoms with Crippen molar-refractivity contribution in [3.05, 3.63) is 70.8 Å². The van der Waals surface area contributed by atoms with Gasteiger partial charge in [0.15, 0.2) is 34.8 Å². The molecule has 0 aliphatic heterocycles. The van der Waals surface area contributed by atoms with Crippen molar-refractivity contribution in [1.29, 1.82) is 0 Å².